The fourth-order valence-electron chi connectivity index (χ4n) is 7.48. The summed E-state index contributed by atoms with van der Waals surface area (Å²) in [4.78, 5) is 134. The third-order valence-corrected chi connectivity index (χ3v) is 11.8. The molecule has 0 spiro atoms. The molecule has 2 aliphatic rings. The zero-order chi connectivity index (χ0) is 49.9. The number of esters is 1. The topological polar surface area (TPSA) is 264 Å². The second-order valence-electron chi connectivity index (χ2n) is 20.7. The van der Waals surface area contributed by atoms with E-state index in [4.69, 9.17) is 10.5 Å². The van der Waals surface area contributed by atoms with Gasteiger partial charge in [-0.25, -0.2) is 4.79 Å². The largest absolute Gasteiger partial charge is 0.460 e. The van der Waals surface area contributed by atoms with Crippen LogP contribution < -0.4 is 27.0 Å². The summed E-state index contributed by atoms with van der Waals surface area (Å²) in [6, 6.07) is 3.59. The summed E-state index contributed by atoms with van der Waals surface area (Å²) in [6.45, 7) is 19.6. The van der Waals surface area contributed by atoms with E-state index in [2.05, 4.69) is 21.3 Å². The maximum absolute atomic E-state index is 13.8. The van der Waals surface area contributed by atoms with Crippen LogP contribution in [0, 0.1) is 34.0 Å². The lowest BCUT2D eigenvalue weighted by Gasteiger charge is -2.29. The number of amides is 10. The monoisotopic (exact) mass is 925 g/mol. The molecule has 66 heavy (non-hydrogen) atoms. The number of likely N-dealkylation sites (tertiary alicyclic amines) is 2. The van der Waals surface area contributed by atoms with Gasteiger partial charge < -0.3 is 36.6 Å². The molecule has 0 aliphatic carbocycles. The number of hydrogen-bond donors (Lipinski definition) is 5. The van der Waals surface area contributed by atoms with E-state index < -0.39 is 75.7 Å². The summed E-state index contributed by atoms with van der Waals surface area (Å²) in [6.07, 6.45) is -0.286. The molecular formula is C47H72N8O11. The Labute approximate surface area is 388 Å². The van der Waals surface area contributed by atoms with Crippen molar-refractivity contribution < 1.29 is 52.7 Å². The van der Waals surface area contributed by atoms with Gasteiger partial charge in [0.25, 0.3) is 0 Å². The van der Waals surface area contributed by atoms with Crippen LogP contribution in [0.2, 0.25) is 0 Å². The van der Waals surface area contributed by atoms with E-state index in [1.54, 1.807) is 58.9 Å². The number of nitrogens with zero attached hydrogens (tertiary/aromatic N) is 3. The van der Waals surface area contributed by atoms with Crippen LogP contribution in [0.3, 0.4) is 0 Å². The molecule has 6 N–H and O–H groups in total. The van der Waals surface area contributed by atoms with Crippen molar-refractivity contribution in [2.24, 2.45) is 39.7 Å². The molecule has 2 heterocycles. The first-order chi connectivity index (χ1) is 30.5. The summed E-state index contributed by atoms with van der Waals surface area (Å²) in [5.41, 5.74) is 4.68. The fraction of sp³-hybridized carbons (Fsp3) is 0.660. The Morgan fingerprint density at radius 3 is 1.71 bits per heavy atom. The van der Waals surface area contributed by atoms with E-state index in [-0.39, 0.29) is 107 Å². The van der Waals surface area contributed by atoms with Crippen molar-refractivity contribution in [3.8, 4) is 0 Å². The van der Waals surface area contributed by atoms with Crippen molar-refractivity contribution in [3.05, 3.63) is 29.8 Å². The Morgan fingerprint density at radius 2 is 1.27 bits per heavy atom. The zero-order valence-corrected chi connectivity index (χ0v) is 40.6. The molecule has 2 aliphatic heterocycles. The van der Waals surface area contributed by atoms with Gasteiger partial charge in [0.1, 0.15) is 18.7 Å². The number of carbonyl (C=O) groups is 10. The summed E-state index contributed by atoms with van der Waals surface area (Å²) < 4.78 is 5.36. The predicted molar refractivity (Wildman–Crippen MR) is 244 cm³/mol. The van der Waals surface area contributed by atoms with Crippen LogP contribution in [0.15, 0.2) is 24.3 Å². The van der Waals surface area contributed by atoms with Gasteiger partial charge in [-0.3, -0.25) is 53.0 Å². The Bertz CT molecular complexity index is 1920. The van der Waals surface area contributed by atoms with E-state index in [1.165, 1.54) is 4.90 Å². The quantitative estimate of drug-likeness (QED) is 0.0679. The van der Waals surface area contributed by atoms with E-state index >= 15 is 0 Å². The van der Waals surface area contributed by atoms with Crippen molar-refractivity contribution in [2.75, 3.05) is 38.0 Å². The molecule has 3 rings (SSSR count). The standard InChI is InChI=1S/C47H72N8O11/c1-28(2)38(40(61)51-33(13-12-20-49-44(48)65)39(60)50-30-16-14-29(15-17-30)27-66-43(64)47(9,10)11)52-34(56)18-19-35(57)53(21-23-54-36(58)25-31(41(54)62)45(3,4)5)22-24-55-37(59)26-32(42(55)63)46(6,7)8/h14-17,28,31-33,38H,12-13,18-27H2,1-11H3,(H,50,60)(H,51,61)(H,52,56)(H3,48,49,65)/t31?,32?,33-,38-/m0/s1. The van der Waals surface area contributed by atoms with Crippen LogP contribution in [0.4, 0.5) is 10.5 Å². The van der Waals surface area contributed by atoms with Crippen LogP contribution >= 0.6 is 0 Å². The molecule has 0 bridgehead atoms. The predicted octanol–water partition coefficient (Wildman–Crippen LogP) is 3.24. The second-order valence-corrected chi connectivity index (χ2v) is 20.7. The van der Waals surface area contributed by atoms with Gasteiger partial charge in [-0.1, -0.05) is 67.5 Å². The van der Waals surface area contributed by atoms with Gasteiger partial charge in [-0.2, -0.15) is 0 Å². The number of urea groups is 1. The third kappa shape index (κ3) is 15.9. The molecule has 0 aromatic heterocycles. The summed E-state index contributed by atoms with van der Waals surface area (Å²) in [5.74, 6) is -5.74. The van der Waals surface area contributed by atoms with Gasteiger partial charge in [0.2, 0.25) is 47.3 Å². The van der Waals surface area contributed by atoms with Gasteiger partial charge in [-0.05, 0) is 68.1 Å². The normalized spacial score (nSPS) is 17.7. The molecule has 4 atom stereocenters. The minimum atomic E-state index is -1.14. The van der Waals surface area contributed by atoms with Gasteiger partial charge >= 0.3 is 12.0 Å². The molecule has 1 aromatic carbocycles. The Morgan fingerprint density at radius 1 is 0.758 bits per heavy atom. The zero-order valence-electron chi connectivity index (χ0n) is 40.6. The third-order valence-electron chi connectivity index (χ3n) is 11.8. The van der Waals surface area contributed by atoms with Crippen molar-refractivity contribution in [2.45, 2.75) is 133 Å². The lowest BCUT2D eigenvalue weighted by atomic mass is 9.80. The molecule has 0 saturated carbocycles. The number of nitrogens with one attached hydrogen (secondary N) is 4. The minimum absolute atomic E-state index is 0.0349. The maximum atomic E-state index is 13.8. The number of hydrogen-bond acceptors (Lipinski definition) is 11. The average Bonchev–Trinajstić information content (AvgIpc) is 3.67. The first kappa shape index (κ1) is 54.5. The molecule has 2 fully saturated rings. The van der Waals surface area contributed by atoms with E-state index in [9.17, 15) is 47.9 Å². The van der Waals surface area contributed by atoms with Crippen LogP contribution in [0.1, 0.15) is 120 Å². The SMILES string of the molecule is CC(C)[C@H](NC(=O)CCC(=O)N(CCN1C(=O)CC(C(C)(C)C)C1=O)CCN1C(=O)CC(C(C)(C)C)C1=O)C(=O)N[C@@H](CCCNC(N)=O)C(=O)Nc1ccc(COC(=O)C(C)(C)C)cc1. The fourth-order valence-corrected chi connectivity index (χ4v) is 7.48. The van der Waals surface area contributed by atoms with Gasteiger partial charge in [0, 0.05) is 64.1 Å². The molecule has 10 amide bonds. The number of rotatable bonds is 21. The Hall–Kier alpha value is -5.88. The smallest absolute Gasteiger partial charge is 0.312 e. The molecule has 2 saturated heterocycles. The van der Waals surface area contributed by atoms with E-state index in [1.807, 2.05) is 41.5 Å². The van der Waals surface area contributed by atoms with Crippen LogP contribution in [0.5, 0.6) is 0 Å². The van der Waals surface area contributed by atoms with Crippen molar-refractivity contribution in [3.63, 3.8) is 0 Å². The average molecular weight is 925 g/mol. The molecule has 19 nitrogen and oxygen atoms in total. The number of imide groups is 2. The number of ether oxygens (including phenoxy) is 1. The summed E-state index contributed by atoms with van der Waals surface area (Å²) in [7, 11) is 0. The van der Waals surface area contributed by atoms with Crippen molar-refractivity contribution in [1.29, 1.82) is 0 Å². The van der Waals surface area contributed by atoms with E-state index in [0.29, 0.717) is 11.3 Å². The number of benzene rings is 1. The van der Waals surface area contributed by atoms with Gasteiger partial charge in [0.05, 0.1) is 17.3 Å². The highest BCUT2D eigenvalue weighted by Gasteiger charge is 2.46. The number of primary amides is 1. The van der Waals surface area contributed by atoms with E-state index in [0.717, 1.165) is 9.80 Å². The number of nitrogens with two attached hydrogens (primary N) is 1. The number of carbonyl (C=O) groups excluding carboxylic acids is 10. The maximum Gasteiger partial charge on any atom is 0.312 e. The molecule has 19 heteroatoms. The van der Waals surface area contributed by atoms with Crippen molar-refractivity contribution in [1.82, 2.24) is 30.7 Å². The Balaban J connectivity index is 1.71. The highest BCUT2D eigenvalue weighted by Crippen LogP contribution is 2.36. The molecule has 366 valence electrons. The summed E-state index contributed by atoms with van der Waals surface area (Å²) in [5, 5.41) is 10.6. The first-order valence-electron chi connectivity index (χ1n) is 22.7. The minimum Gasteiger partial charge on any atom is -0.460 e. The van der Waals surface area contributed by atoms with Gasteiger partial charge in [-0.15, -0.1) is 0 Å². The molecule has 2 unspecified atom stereocenters. The van der Waals surface area contributed by atoms with Crippen LogP contribution in [-0.2, 0) is 54.5 Å². The molecular weight excluding hydrogens is 853 g/mol. The lowest BCUT2D eigenvalue weighted by Crippen LogP contribution is -2.54. The highest BCUT2D eigenvalue weighted by molar-refractivity contribution is 6.05. The summed E-state index contributed by atoms with van der Waals surface area (Å²) >= 11 is 0. The first-order valence-corrected chi connectivity index (χ1v) is 22.7. The van der Waals surface area contributed by atoms with Gasteiger partial charge in [0.15, 0.2) is 0 Å². The molecule has 1 aromatic rings. The lowest BCUT2D eigenvalue weighted by molar-refractivity contribution is -0.154. The van der Waals surface area contributed by atoms with Crippen LogP contribution in [-0.4, -0.2) is 119 Å². The van der Waals surface area contributed by atoms with Crippen molar-refractivity contribution >= 4 is 64.9 Å². The molecule has 0 radical (unpaired) electrons. The Kier molecular flexibility index (Phi) is 19.0. The number of anilines is 1. The highest BCUT2D eigenvalue weighted by atomic mass is 16.5. The second kappa shape index (κ2) is 23.0. The van der Waals surface area contributed by atoms with Crippen LogP contribution in [0.25, 0.3) is 0 Å².